The lowest BCUT2D eigenvalue weighted by molar-refractivity contribution is -0.114. The number of amides is 1. The summed E-state index contributed by atoms with van der Waals surface area (Å²) in [4.78, 5) is 11.6. The minimum atomic E-state index is -0.307. The molecule has 2 rings (SSSR count). The van der Waals surface area contributed by atoms with Gasteiger partial charge in [-0.3, -0.25) is 4.79 Å². The third kappa shape index (κ3) is 2.96. The number of carbonyl (C=O) groups excluding carboxylic acids is 1. The highest BCUT2D eigenvalue weighted by molar-refractivity contribution is 5.93. The van der Waals surface area contributed by atoms with Crippen LogP contribution >= 0.6 is 0 Å². The van der Waals surface area contributed by atoms with Gasteiger partial charge in [0.25, 0.3) is 0 Å². The molecule has 0 bridgehead atoms. The third-order valence-electron chi connectivity index (χ3n) is 3.57. The van der Waals surface area contributed by atoms with Gasteiger partial charge in [0, 0.05) is 12.2 Å². The number of nitrogens with one attached hydrogen (secondary N) is 1. The molecule has 108 valence electrons. The van der Waals surface area contributed by atoms with Crippen LogP contribution in [-0.4, -0.2) is 17.0 Å². The van der Waals surface area contributed by atoms with Gasteiger partial charge in [-0.05, 0) is 25.0 Å². The van der Waals surface area contributed by atoms with Crippen LogP contribution in [0.15, 0.2) is 30.3 Å². The van der Waals surface area contributed by atoms with Crippen LogP contribution in [0.2, 0.25) is 0 Å². The van der Waals surface area contributed by atoms with Crippen LogP contribution in [0, 0.1) is 25.2 Å². The minimum Gasteiger partial charge on any atom is -0.326 e. The number of rotatable bonds is 4. The summed E-state index contributed by atoms with van der Waals surface area (Å²) >= 11 is 0. The second-order valence-electron chi connectivity index (χ2n) is 4.87. The summed E-state index contributed by atoms with van der Waals surface area (Å²) in [5.41, 5.74) is 8.78. The quantitative estimate of drug-likeness (QED) is 0.898. The Labute approximate surface area is 124 Å². The van der Waals surface area contributed by atoms with Gasteiger partial charge in [-0.1, -0.05) is 30.3 Å². The third-order valence-corrected chi connectivity index (χ3v) is 3.57. The number of benzene rings is 1. The molecule has 0 aliphatic rings. The Morgan fingerprint density at radius 3 is 2.57 bits per heavy atom. The SMILES string of the molecule is Cc1c(C#N)c(NC(=O)CN)n(Cc2ccccc2)c1C. The molecule has 0 radical (unpaired) electrons. The Balaban J connectivity index is 2.48. The lowest BCUT2D eigenvalue weighted by Crippen LogP contribution is -2.24. The molecule has 1 aromatic carbocycles. The number of anilines is 1. The van der Waals surface area contributed by atoms with Crippen molar-refractivity contribution in [2.24, 2.45) is 5.73 Å². The van der Waals surface area contributed by atoms with Gasteiger partial charge in [0.1, 0.15) is 11.9 Å². The molecule has 0 aliphatic heterocycles. The number of hydrogen-bond donors (Lipinski definition) is 2. The minimum absolute atomic E-state index is 0.112. The van der Waals surface area contributed by atoms with Crippen LogP contribution in [0.4, 0.5) is 5.82 Å². The van der Waals surface area contributed by atoms with E-state index in [1.54, 1.807) is 0 Å². The van der Waals surface area contributed by atoms with Crippen LogP contribution in [-0.2, 0) is 11.3 Å². The van der Waals surface area contributed by atoms with Crippen molar-refractivity contribution in [1.29, 1.82) is 5.26 Å². The highest BCUT2D eigenvalue weighted by atomic mass is 16.1. The Morgan fingerprint density at radius 2 is 2.00 bits per heavy atom. The number of carbonyl (C=O) groups is 1. The predicted molar refractivity (Wildman–Crippen MR) is 81.8 cm³/mol. The van der Waals surface area contributed by atoms with Gasteiger partial charge in [-0.15, -0.1) is 0 Å². The molecule has 1 heterocycles. The highest BCUT2D eigenvalue weighted by Gasteiger charge is 2.19. The lowest BCUT2D eigenvalue weighted by atomic mass is 10.2. The monoisotopic (exact) mass is 282 g/mol. The van der Waals surface area contributed by atoms with Gasteiger partial charge in [0.05, 0.1) is 12.1 Å². The second-order valence-corrected chi connectivity index (χ2v) is 4.87. The van der Waals surface area contributed by atoms with Gasteiger partial charge in [0.15, 0.2) is 0 Å². The molecule has 0 saturated carbocycles. The number of hydrogen-bond acceptors (Lipinski definition) is 3. The molecule has 0 atom stereocenters. The van der Waals surface area contributed by atoms with E-state index >= 15 is 0 Å². The maximum atomic E-state index is 11.6. The summed E-state index contributed by atoms with van der Waals surface area (Å²) in [5, 5.41) is 12.1. The zero-order chi connectivity index (χ0) is 15.4. The Kier molecular flexibility index (Phi) is 4.41. The summed E-state index contributed by atoms with van der Waals surface area (Å²) in [6.45, 7) is 4.31. The van der Waals surface area contributed by atoms with E-state index in [9.17, 15) is 10.1 Å². The summed E-state index contributed by atoms with van der Waals surface area (Å²) in [5.74, 6) is 0.213. The van der Waals surface area contributed by atoms with Crippen molar-refractivity contribution in [2.45, 2.75) is 20.4 Å². The van der Waals surface area contributed by atoms with E-state index in [4.69, 9.17) is 5.73 Å². The first-order valence-corrected chi connectivity index (χ1v) is 6.72. The van der Waals surface area contributed by atoms with Crippen LogP contribution in [0.3, 0.4) is 0 Å². The average Bonchev–Trinajstić information content (AvgIpc) is 2.72. The summed E-state index contributed by atoms with van der Waals surface area (Å²) in [6, 6.07) is 12.1. The highest BCUT2D eigenvalue weighted by Crippen LogP contribution is 2.27. The molecule has 0 spiro atoms. The van der Waals surface area contributed by atoms with E-state index in [1.165, 1.54) is 0 Å². The number of aromatic nitrogens is 1. The van der Waals surface area contributed by atoms with Crippen molar-refractivity contribution in [3.05, 3.63) is 52.7 Å². The van der Waals surface area contributed by atoms with Crippen molar-refractivity contribution < 1.29 is 4.79 Å². The first kappa shape index (κ1) is 14.8. The maximum Gasteiger partial charge on any atom is 0.239 e. The largest absolute Gasteiger partial charge is 0.326 e. The van der Waals surface area contributed by atoms with Gasteiger partial charge in [0.2, 0.25) is 5.91 Å². The van der Waals surface area contributed by atoms with Gasteiger partial charge < -0.3 is 15.6 Å². The molecule has 0 saturated heterocycles. The van der Waals surface area contributed by atoms with Crippen molar-refractivity contribution in [1.82, 2.24) is 4.57 Å². The predicted octanol–water partition coefficient (Wildman–Crippen LogP) is 1.92. The summed E-state index contributed by atoms with van der Waals surface area (Å²) in [7, 11) is 0. The van der Waals surface area contributed by atoms with E-state index in [2.05, 4.69) is 11.4 Å². The van der Waals surface area contributed by atoms with E-state index in [0.717, 1.165) is 16.8 Å². The fourth-order valence-corrected chi connectivity index (χ4v) is 2.28. The summed E-state index contributed by atoms with van der Waals surface area (Å²) < 4.78 is 1.94. The molecule has 2 aromatic rings. The number of nitrogens with zero attached hydrogens (tertiary/aromatic N) is 2. The van der Waals surface area contributed by atoms with Gasteiger partial charge in [-0.25, -0.2) is 0 Å². The lowest BCUT2D eigenvalue weighted by Gasteiger charge is -2.12. The number of nitriles is 1. The van der Waals surface area contributed by atoms with E-state index in [-0.39, 0.29) is 12.5 Å². The first-order valence-electron chi connectivity index (χ1n) is 6.72. The van der Waals surface area contributed by atoms with Crippen molar-refractivity contribution in [3.63, 3.8) is 0 Å². The van der Waals surface area contributed by atoms with E-state index < -0.39 is 0 Å². The maximum absolute atomic E-state index is 11.6. The molecule has 5 heteroatoms. The van der Waals surface area contributed by atoms with Gasteiger partial charge in [-0.2, -0.15) is 5.26 Å². The molecular formula is C16H18N4O. The van der Waals surface area contributed by atoms with Crippen molar-refractivity contribution in [3.8, 4) is 6.07 Å². The van der Waals surface area contributed by atoms with Crippen LogP contribution < -0.4 is 11.1 Å². The average molecular weight is 282 g/mol. The molecule has 0 fully saturated rings. The normalized spacial score (nSPS) is 10.2. The zero-order valence-electron chi connectivity index (χ0n) is 12.2. The molecule has 5 nitrogen and oxygen atoms in total. The zero-order valence-corrected chi connectivity index (χ0v) is 12.2. The van der Waals surface area contributed by atoms with Crippen LogP contribution in [0.25, 0.3) is 0 Å². The van der Waals surface area contributed by atoms with Gasteiger partial charge >= 0.3 is 0 Å². The first-order chi connectivity index (χ1) is 10.1. The van der Waals surface area contributed by atoms with E-state index in [1.807, 2.05) is 48.7 Å². The Morgan fingerprint density at radius 1 is 1.33 bits per heavy atom. The molecular weight excluding hydrogens is 264 g/mol. The Hall–Kier alpha value is -2.58. The fraction of sp³-hybridized carbons (Fsp3) is 0.250. The number of nitrogens with two attached hydrogens (primary N) is 1. The van der Waals surface area contributed by atoms with Crippen LogP contribution in [0.1, 0.15) is 22.4 Å². The fourth-order valence-electron chi connectivity index (χ4n) is 2.28. The standard InChI is InChI=1S/C16H18N4O/c1-11-12(2)20(10-13-6-4-3-5-7-13)16(14(11)8-17)19-15(21)9-18/h3-7H,9-10,18H2,1-2H3,(H,19,21). The Bertz CT molecular complexity index is 695. The molecule has 1 aromatic heterocycles. The van der Waals surface area contributed by atoms with Crippen molar-refractivity contribution in [2.75, 3.05) is 11.9 Å². The molecule has 1 amide bonds. The van der Waals surface area contributed by atoms with E-state index in [0.29, 0.717) is 17.9 Å². The summed E-state index contributed by atoms with van der Waals surface area (Å²) in [6.07, 6.45) is 0. The smallest absolute Gasteiger partial charge is 0.239 e. The van der Waals surface area contributed by atoms with Crippen LogP contribution in [0.5, 0.6) is 0 Å². The molecule has 0 unspecified atom stereocenters. The molecule has 0 aliphatic carbocycles. The molecule has 21 heavy (non-hydrogen) atoms. The topological polar surface area (TPSA) is 83.8 Å². The second kappa shape index (κ2) is 6.25. The molecule has 3 N–H and O–H groups in total. The van der Waals surface area contributed by atoms with Crippen molar-refractivity contribution >= 4 is 11.7 Å².